The zero-order valence-corrected chi connectivity index (χ0v) is 11.6. The van der Waals surface area contributed by atoms with Gasteiger partial charge in [-0.3, -0.25) is 10.1 Å². The van der Waals surface area contributed by atoms with Crippen molar-refractivity contribution in [3.05, 3.63) is 47.7 Å². The molecule has 6 heteroatoms. The summed E-state index contributed by atoms with van der Waals surface area (Å²) in [6, 6.07) is 9.24. The van der Waals surface area contributed by atoms with E-state index in [2.05, 4.69) is 15.3 Å². The van der Waals surface area contributed by atoms with Crippen LogP contribution in [0.15, 0.2) is 47.6 Å². The molecule has 0 saturated heterocycles. The van der Waals surface area contributed by atoms with Crippen LogP contribution in [0.4, 0.5) is 5.95 Å². The minimum Gasteiger partial charge on any atom is -0.295 e. The van der Waals surface area contributed by atoms with Gasteiger partial charge in [0.15, 0.2) is 0 Å². The fourth-order valence-corrected chi connectivity index (χ4v) is 2.32. The lowest BCUT2D eigenvalue weighted by Gasteiger charge is -2.03. The largest absolute Gasteiger partial charge is 0.295 e. The summed E-state index contributed by atoms with van der Waals surface area (Å²) in [5.74, 6) is 0.942. The van der Waals surface area contributed by atoms with Crippen LogP contribution in [-0.2, 0) is 4.79 Å². The fraction of sp³-hybridized carbons (Fsp3) is 0.154. The maximum absolute atomic E-state index is 11.6. The molecule has 0 aliphatic rings. The van der Waals surface area contributed by atoms with Gasteiger partial charge in [-0.05, 0) is 30.3 Å². The van der Waals surface area contributed by atoms with Crippen molar-refractivity contribution in [1.82, 2.24) is 9.97 Å². The Morgan fingerprint density at radius 2 is 1.89 bits per heavy atom. The predicted octanol–water partition coefficient (Wildman–Crippen LogP) is 3.25. The fourth-order valence-electron chi connectivity index (χ4n) is 1.34. The van der Waals surface area contributed by atoms with Gasteiger partial charge in [-0.15, -0.1) is 11.8 Å². The molecule has 1 aromatic carbocycles. The Labute approximate surface area is 120 Å². The van der Waals surface area contributed by atoms with E-state index >= 15 is 0 Å². The minimum atomic E-state index is -0.0901. The lowest BCUT2D eigenvalue weighted by Crippen LogP contribution is -2.14. The van der Waals surface area contributed by atoms with Gasteiger partial charge >= 0.3 is 0 Å². The van der Waals surface area contributed by atoms with E-state index in [0.29, 0.717) is 23.1 Å². The Kier molecular flexibility index (Phi) is 5.18. The van der Waals surface area contributed by atoms with Crippen LogP contribution in [0.5, 0.6) is 0 Å². The van der Waals surface area contributed by atoms with Crippen molar-refractivity contribution < 1.29 is 4.79 Å². The van der Waals surface area contributed by atoms with E-state index < -0.39 is 0 Å². The number of benzene rings is 1. The molecular weight excluding hydrogens is 282 g/mol. The molecule has 0 radical (unpaired) electrons. The molecule has 0 aliphatic heterocycles. The molecule has 1 N–H and O–H groups in total. The molecule has 98 valence electrons. The van der Waals surface area contributed by atoms with Gasteiger partial charge in [0.25, 0.3) is 0 Å². The summed E-state index contributed by atoms with van der Waals surface area (Å²) in [5.41, 5.74) is 0. The smallest absolute Gasteiger partial charge is 0.229 e. The summed E-state index contributed by atoms with van der Waals surface area (Å²) in [5, 5.41) is 3.35. The van der Waals surface area contributed by atoms with E-state index in [1.165, 1.54) is 0 Å². The van der Waals surface area contributed by atoms with Crippen LogP contribution in [0.25, 0.3) is 0 Å². The number of anilines is 1. The second kappa shape index (κ2) is 7.11. The minimum absolute atomic E-state index is 0.0901. The topological polar surface area (TPSA) is 54.9 Å². The number of hydrogen-bond donors (Lipinski definition) is 1. The maximum Gasteiger partial charge on any atom is 0.229 e. The Bertz CT molecular complexity index is 533. The first-order valence-electron chi connectivity index (χ1n) is 5.69. The van der Waals surface area contributed by atoms with Crippen LogP contribution in [-0.4, -0.2) is 21.6 Å². The summed E-state index contributed by atoms with van der Waals surface area (Å²) in [4.78, 5) is 20.6. The number of nitrogens with one attached hydrogen (secondary N) is 1. The van der Waals surface area contributed by atoms with Crippen LogP contribution >= 0.6 is 23.4 Å². The van der Waals surface area contributed by atoms with Gasteiger partial charge in [0.1, 0.15) is 0 Å². The number of hydrogen-bond acceptors (Lipinski definition) is 4. The summed E-state index contributed by atoms with van der Waals surface area (Å²) in [6.45, 7) is 0. The highest BCUT2D eigenvalue weighted by Gasteiger charge is 2.04. The number of amides is 1. The molecule has 0 atom stereocenters. The second-order valence-corrected chi connectivity index (χ2v) is 5.28. The molecule has 0 fully saturated rings. The summed E-state index contributed by atoms with van der Waals surface area (Å²) in [7, 11) is 0. The van der Waals surface area contributed by atoms with Gasteiger partial charge < -0.3 is 0 Å². The third-order valence-electron chi connectivity index (χ3n) is 2.23. The normalized spacial score (nSPS) is 10.2. The molecule has 1 heterocycles. The van der Waals surface area contributed by atoms with E-state index in [1.807, 2.05) is 24.3 Å². The van der Waals surface area contributed by atoms with Crippen molar-refractivity contribution >= 4 is 35.2 Å². The average Bonchev–Trinajstić information content (AvgIpc) is 2.42. The standard InChI is InChI=1S/C13H12ClN3OS/c14-10-2-4-11(5-3-10)19-9-6-12(18)17-13-15-7-1-8-16-13/h1-5,7-8H,6,9H2,(H,15,16,17,18). The number of rotatable bonds is 5. The Morgan fingerprint density at radius 1 is 1.21 bits per heavy atom. The Morgan fingerprint density at radius 3 is 2.58 bits per heavy atom. The van der Waals surface area contributed by atoms with Crippen molar-refractivity contribution in [2.24, 2.45) is 0 Å². The third-order valence-corrected chi connectivity index (χ3v) is 3.49. The lowest BCUT2D eigenvalue weighted by atomic mass is 10.4. The quantitative estimate of drug-likeness (QED) is 0.860. The Balaban J connectivity index is 1.74. The highest BCUT2D eigenvalue weighted by Crippen LogP contribution is 2.20. The average molecular weight is 294 g/mol. The van der Waals surface area contributed by atoms with Gasteiger partial charge in [-0.1, -0.05) is 11.6 Å². The van der Waals surface area contributed by atoms with Crippen molar-refractivity contribution in [3.63, 3.8) is 0 Å². The number of thioether (sulfide) groups is 1. The highest BCUT2D eigenvalue weighted by molar-refractivity contribution is 7.99. The molecule has 2 aromatic rings. The molecule has 1 aromatic heterocycles. The molecule has 0 spiro atoms. The van der Waals surface area contributed by atoms with E-state index in [-0.39, 0.29) is 5.91 Å². The molecule has 0 bridgehead atoms. The molecular formula is C13H12ClN3OS. The van der Waals surface area contributed by atoms with Gasteiger partial charge in [-0.2, -0.15) is 0 Å². The van der Waals surface area contributed by atoms with E-state index in [4.69, 9.17) is 11.6 Å². The zero-order valence-electron chi connectivity index (χ0n) is 10.0. The summed E-state index contributed by atoms with van der Waals surface area (Å²) >= 11 is 7.41. The lowest BCUT2D eigenvalue weighted by molar-refractivity contribution is -0.115. The van der Waals surface area contributed by atoms with Crippen LogP contribution in [0.1, 0.15) is 6.42 Å². The Hall–Kier alpha value is -1.59. The van der Waals surface area contributed by atoms with Crippen LogP contribution < -0.4 is 5.32 Å². The van der Waals surface area contributed by atoms with Crippen molar-refractivity contribution in [1.29, 1.82) is 0 Å². The highest BCUT2D eigenvalue weighted by atomic mass is 35.5. The van der Waals surface area contributed by atoms with Crippen molar-refractivity contribution in [3.8, 4) is 0 Å². The van der Waals surface area contributed by atoms with E-state index in [0.717, 1.165) is 4.90 Å². The number of nitrogens with zero attached hydrogens (tertiary/aromatic N) is 2. The molecule has 4 nitrogen and oxygen atoms in total. The second-order valence-electron chi connectivity index (χ2n) is 3.67. The summed E-state index contributed by atoms with van der Waals surface area (Å²) in [6.07, 6.45) is 3.59. The molecule has 1 amide bonds. The molecule has 19 heavy (non-hydrogen) atoms. The SMILES string of the molecule is O=C(CCSc1ccc(Cl)cc1)Nc1ncccn1. The maximum atomic E-state index is 11.6. The van der Waals surface area contributed by atoms with Crippen LogP contribution in [0.3, 0.4) is 0 Å². The first-order valence-corrected chi connectivity index (χ1v) is 7.05. The third kappa shape index (κ3) is 4.89. The number of aromatic nitrogens is 2. The number of carbonyl (C=O) groups is 1. The van der Waals surface area contributed by atoms with Crippen LogP contribution in [0, 0.1) is 0 Å². The van der Waals surface area contributed by atoms with E-state index in [9.17, 15) is 4.79 Å². The first-order chi connectivity index (χ1) is 9.24. The summed E-state index contributed by atoms with van der Waals surface area (Å²) < 4.78 is 0. The predicted molar refractivity (Wildman–Crippen MR) is 77.5 cm³/mol. The van der Waals surface area contributed by atoms with Crippen molar-refractivity contribution in [2.75, 3.05) is 11.1 Å². The van der Waals surface area contributed by atoms with Gasteiger partial charge in [0.2, 0.25) is 11.9 Å². The van der Waals surface area contributed by atoms with Crippen molar-refractivity contribution in [2.45, 2.75) is 11.3 Å². The van der Waals surface area contributed by atoms with E-state index in [1.54, 1.807) is 30.2 Å². The molecule has 0 aliphatic carbocycles. The zero-order chi connectivity index (χ0) is 13.5. The molecule has 0 unspecified atom stereocenters. The first kappa shape index (κ1) is 13.8. The monoisotopic (exact) mass is 293 g/mol. The number of halogens is 1. The molecule has 0 saturated carbocycles. The van der Waals surface area contributed by atoms with Gasteiger partial charge in [0.05, 0.1) is 0 Å². The number of carbonyl (C=O) groups excluding carboxylic acids is 1. The van der Waals surface area contributed by atoms with Gasteiger partial charge in [-0.25, -0.2) is 9.97 Å². The molecule has 2 rings (SSSR count). The van der Waals surface area contributed by atoms with Gasteiger partial charge in [0, 0.05) is 34.5 Å². The van der Waals surface area contributed by atoms with Crippen LogP contribution in [0.2, 0.25) is 5.02 Å².